The van der Waals surface area contributed by atoms with Gasteiger partial charge < -0.3 is 25.6 Å². The lowest BCUT2D eigenvalue weighted by atomic mass is 10.1. The maximum absolute atomic E-state index is 13.5. The van der Waals surface area contributed by atoms with Gasteiger partial charge in [0, 0.05) is 19.3 Å². The SMILES string of the molecule is COCCOCCNc1cc(C(=O)O)c(N)cc1F. The van der Waals surface area contributed by atoms with E-state index in [1.54, 1.807) is 7.11 Å². The van der Waals surface area contributed by atoms with Crippen LogP contribution in [0, 0.1) is 5.82 Å². The number of ether oxygens (including phenoxy) is 2. The van der Waals surface area contributed by atoms with Crippen LogP contribution < -0.4 is 11.1 Å². The summed E-state index contributed by atoms with van der Waals surface area (Å²) in [5.41, 5.74) is 5.26. The Morgan fingerprint density at radius 3 is 2.79 bits per heavy atom. The summed E-state index contributed by atoms with van der Waals surface area (Å²) in [6, 6.07) is 2.15. The third kappa shape index (κ3) is 4.72. The highest BCUT2D eigenvalue weighted by atomic mass is 19.1. The van der Waals surface area contributed by atoms with Gasteiger partial charge in [-0.2, -0.15) is 0 Å². The van der Waals surface area contributed by atoms with Crippen molar-refractivity contribution in [2.24, 2.45) is 0 Å². The molecule has 0 bridgehead atoms. The Balaban J connectivity index is 2.53. The lowest BCUT2D eigenvalue weighted by molar-refractivity contribution is 0.0698. The van der Waals surface area contributed by atoms with Gasteiger partial charge in [-0.25, -0.2) is 9.18 Å². The number of hydrogen-bond acceptors (Lipinski definition) is 5. The van der Waals surface area contributed by atoms with Crippen molar-refractivity contribution in [1.82, 2.24) is 0 Å². The Morgan fingerprint density at radius 1 is 1.42 bits per heavy atom. The molecular weight excluding hydrogens is 255 g/mol. The number of hydrogen-bond donors (Lipinski definition) is 3. The molecule has 0 aliphatic heterocycles. The second-order valence-electron chi connectivity index (χ2n) is 3.76. The Kier molecular flexibility index (Phi) is 6.04. The minimum absolute atomic E-state index is 0.0851. The molecule has 1 rings (SSSR count). The van der Waals surface area contributed by atoms with Crippen LogP contribution in [0.25, 0.3) is 0 Å². The first-order valence-corrected chi connectivity index (χ1v) is 5.69. The molecule has 0 heterocycles. The molecule has 0 saturated carbocycles. The van der Waals surface area contributed by atoms with Crippen LogP contribution >= 0.6 is 0 Å². The average molecular weight is 272 g/mol. The van der Waals surface area contributed by atoms with E-state index in [4.69, 9.17) is 20.3 Å². The summed E-state index contributed by atoms with van der Waals surface area (Å²) >= 11 is 0. The van der Waals surface area contributed by atoms with Crippen LogP contribution in [0.5, 0.6) is 0 Å². The van der Waals surface area contributed by atoms with Crippen molar-refractivity contribution in [1.29, 1.82) is 0 Å². The van der Waals surface area contributed by atoms with Gasteiger partial charge in [0.2, 0.25) is 0 Å². The summed E-state index contributed by atoms with van der Waals surface area (Å²) in [6.07, 6.45) is 0. The molecule has 1 aromatic carbocycles. The summed E-state index contributed by atoms with van der Waals surface area (Å²) < 4.78 is 23.5. The normalized spacial score (nSPS) is 10.4. The predicted molar refractivity (Wildman–Crippen MR) is 69.0 cm³/mol. The fraction of sp³-hybridized carbons (Fsp3) is 0.417. The molecule has 1 aromatic rings. The zero-order valence-electron chi connectivity index (χ0n) is 10.6. The molecule has 0 fully saturated rings. The van der Waals surface area contributed by atoms with E-state index in [9.17, 15) is 9.18 Å². The van der Waals surface area contributed by atoms with Crippen molar-refractivity contribution >= 4 is 17.3 Å². The van der Waals surface area contributed by atoms with Crippen molar-refractivity contribution in [2.45, 2.75) is 0 Å². The number of nitrogens with two attached hydrogens (primary N) is 1. The van der Waals surface area contributed by atoms with E-state index >= 15 is 0 Å². The zero-order valence-corrected chi connectivity index (χ0v) is 10.6. The summed E-state index contributed by atoms with van der Waals surface area (Å²) in [5.74, 6) is -1.80. The number of carboxylic acid groups (broad SMARTS) is 1. The predicted octanol–water partition coefficient (Wildman–Crippen LogP) is 1.18. The van der Waals surface area contributed by atoms with Gasteiger partial charge >= 0.3 is 5.97 Å². The molecule has 0 aliphatic rings. The summed E-state index contributed by atoms with van der Waals surface area (Å²) in [7, 11) is 1.57. The van der Waals surface area contributed by atoms with E-state index < -0.39 is 11.8 Å². The lowest BCUT2D eigenvalue weighted by Crippen LogP contribution is -2.13. The number of anilines is 2. The molecule has 0 aliphatic carbocycles. The van der Waals surface area contributed by atoms with Gasteiger partial charge in [0.25, 0.3) is 0 Å². The van der Waals surface area contributed by atoms with Crippen LogP contribution in [0.2, 0.25) is 0 Å². The molecule has 0 radical (unpaired) electrons. The van der Waals surface area contributed by atoms with Crippen LogP contribution in [0.1, 0.15) is 10.4 Å². The highest BCUT2D eigenvalue weighted by molar-refractivity contribution is 5.94. The maximum atomic E-state index is 13.5. The maximum Gasteiger partial charge on any atom is 0.337 e. The number of aromatic carboxylic acids is 1. The molecule has 0 amide bonds. The van der Waals surface area contributed by atoms with Crippen LogP contribution in [0.15, 0.2) is 12.1 Å². The summed E-state index contributed by atoms with van der Waals surface area (Å²) in [5, 5.41) is 11.6. The number of nitrogens with one attached hydrogen (secondary N) is 1. The van der Waals surface area contributed by atoms with Crippen LogP contribution in [-0.4, -0.2) is 44.6 Å². The van der Waals surface area contributed by atoms with Gasteiger partial charge in [-0.15, -0.1) is 0 Å². The monoisotopic (exact) mass is 272 g/mol. The third-order valence-corrected chi connectivity index (χ3v) is 2.36. The smallest absolute Gasteiger partial charge is 0.337 e. The molecule has 0 aromatic heterocycles. The molecule has 0 saturated heterocycles. The summed E-state index contributed by atoms with van der Waals surface area (Å²) in [6.45, 7) is 1.64. The summed E-state index contributed by atoms with van der Waals surface area (Å²) in [4.78, 5) is 10.9. The van der Waals surface area contributed by atoms with Crippen LogP contribution in [0.4, 0.5) is 15.8 Å². The number of carbonyl (C=O) groups is 1. The fourth-order valence-corrected chi connectivity index (χ4v) is 1.41. The van der Waals surface area contributed by atoms with Crippen LogP contribution in [-0.2, 0) is 9.47 Å². The number of carboxylic acids is 1. The Labute approximate surface area is 110 Å². The number of nitrogen functional groups attached to an aromatic ring is 1. The van der Waals surface area contributed by atoms with Crippen molar-refractivity contribution in [3.8, 4) is 0 Å². The molecule has 106 valence electrons. The van der Waals surface area contributed by atoms with Gasteiger partial charge in [-0.3, -0.25) is 0 Å². The molecular formula is C12H17FN2O4. The zero-order chi connectivity index (χ0) is 14.3. The van der Waals surface area contributed by atoms with Crippen molar-refractivity contribution in [3.05, 3.63) is 23.5 Å². The molecule has 7 heteroatoms. The Morgan fingerprint density at radius 2 is 2.16 bits per heavy atom. The standard InChI is InChI=1S/C12H17FN2O4/c1-18-4-5-19-3-2-15-11-6-8(12(16)17)10(14)7-9(11)13/h6-7,15H,2-5,14H2,1H3,(H,16,17). The Bertz CT molecular complexity index is 440. The van der Waals surface area contributed by atoms with Crippen LogP contribution in [0.3, 0.4) is 0 Å². The van der Waals surface area contributed by atoms with Crippen molar-refractivity contribution < 1.29 is 23.8 Å². The Hall–Kier alpha value is -1.86. The highest BCUT2D eigenvalue weighted by Crippen LogP contribution is 2.22. The first kappa shape index (κ1) is 15.2. The lowest BCUT2D eigenvalue weighted by Gasteiger charge is -2.10. The molecule has 0 spiro atoms. The van der Waals surface area contributed by atoms with E-state index in [0.29, 0.717) is 26.4 Å². The molecule has 19 heavy (non-hydrogen) atoms. The molecule has 6 nitrogen and oxygen atoms in total. The first-order valence-electron chi connectivity index (χ1n) is 5.69. The largest absolute Gasteiger partial charge is 0.478 e. The quantitative estimate of drug-likeness (QED) is 0.486. The van der Waals surface area contributed by atoms with E-state index in [1.165, 1.54) is 6.07 Å². The highest BCUT2D eigenvalue weighted by Gasteiger charge is 2.12. The first-order chi connectivity index (χ1) is 9.06. The van der Waals surface area contributed by atoms with Gasteiger partial charge in [0.1, 0.15) is 5.82 Å². The number of methoxy groups -OCH3 is 1. The van der Waals surface area contributed by atoms with Gasteiger partial charge in [-0.1, -0.05) is 0 Å². The van der Waals surface area contributed by atoms with E-state index in [2.05, 4.69) is 5.32 Å². The van der Waals surface area contributed by atoms with E-state index in [1.807, 2.05) is 0 Å². The number of halogens is 1. The van der Waals surface area contributed by atoms with Crippen molar-refractivity contribution in [2.75, 3.05) is 44.5 Å². The van der Waals surface area contributed by atoms with Gasteiger partial charge in [0.15, 0.2) is 0 Å². The molecule has 0 unspecified atom stereocenters. The second-order valence-corrected chi connectivity index (χ2v) is 3.76. The number of rotatable bonds is 8. The molecule has 4 N–H and O–H groups in total. The van der Waals surface area contributed by atoms with E-state index in [0.717, 1.165) is 6.07 Å². The van der Waals surface area contributed by atoms with E-state index in [-0.39, 0.29) is 16.9 Å². The third-order valence-electron chi connectivity index (χ3n) is 2.36. The topological polar surface area (TPSA) is 93.8 Å². The van der Waals surface area contributed by atoms with Crippen molar-refractivity contribution in [3.63, 3.8) is 0 Å². The fourth-order valence-electron chi connectivity index (χ4n) is 1.41. The van der Waals surface area contributed by atoms with Gasteiger partial charge in [-0.05, 0) is 12.1 Å². The number of benzene rings is 1. The van der Waals surface area contributed by atoms with Gasteiger partial charge in [0.05, 0.1) is 31.1 Å². The minimum atomic E-state index is -1.20. The minimum Gasteiger partial charge on any atom is -0.478 e. The average Bonchev–Trinajstić information content (AvgIpc) is 2.35. The second kappa shape index (κ2) is 7.55. The molecule has 0 atom stereocenters.